The summed E-state index contributed by atoms with van der Waals surface area (Å²) in [5, 5.41) is 7.57. The molecule has 2 saturated heterocycles. The minimum absolute atomic E-state index is 0.140. The van der Waals surface area contributed by atoms with Crippen LogP contribution in [0.4, 0.5) is 0 Å². The third-order valence-electron chi connectivity index (χ3n) is 3.51. The van der Waals surface area contributed by atoms with Crippen LogP contribution in [0, 0.1) is 12.3 Å². The van der Waals surface area contributed by atoms with Gasteiger partial charge in [0.1, 0.15) is 6.10 Å². The lowest BCUT2D eigenvalue weighted by Gasteiger charge is -2.38. The fourth-order valence-electron chi connectivity index (χ4n) is 2.70. The Hall–Kier alpha value is -0.890. The molecular weight excluding hydrogens is 244 g/mol. The van der Waals surface area contributed by atoms with Crippen molar-refractivity contribution in [2.75, 3.05) is 6.61 Å². The first-order valence-electron chi connectivity index (χ1n) is 7.02. The number of ether oxygens (including phenoxy) is 2. The van der Waals surface area contributed by atoms with Crippen molar-refractivity contribution < 1.29 is 19.4 Å². The Kier molecular flexibility index (Phi) is 6.50. The van der Waals surface area contributed by atoms with Gasteiger partial charge >= 0.3 is 0 Å². The second kappa shape index (κ2) is 7.64. The average molecular weight is 268 g/mol. The van der Waals surface area contributed by atoms with Gasteiger partial charge in [-0.3, -0.25) is 0 Å². The van der Waals surface area contributed by atoms with Gasteiger partial charge in [-0.25, -0.2) is 0 Å². The monoisotopic (exact) mass is 268 g/mol. The highest BCUT2D eigenvalue weighted by Gasteiger charge is 2.52. The fraction of sp³-hybridized carbons (Fsp3) is 0.800. The number of carbonyl (C=O) groups excluding carboxylic acids is 1. The first-order valence-corrected chi connectivity index (χ1v) is 7.02. The molecule has 0 bridgehead atoms. The van der Waals surface area contributed by atoms with Crippen LogP contribution in [0.25, 0.3) is 0 Å². The van der Waals surface area contributed by atoms with Crippen molar-refractivity contribution in [3.05, 3.63) is 0 Å². The molecular formula is C15H24O4. The molecule has 0 saturated carbocycles. The predicted molar refractivity (Wildman–Crippen MR) is 72.7 cm³/mol. The highest BCUT2D eigenvalue weighted by molar-refractivity contribution is 5.65. The van der Waals surface area contributed by atoms with Gasteiger partial charge in [0.2, 0.25) is 0 Å². The number of hydrogen-bond acceptors (Lipinski definition) is 4. The van der Waals surface area contributed by atoms with Crippen molar-refractivity contribution in [1.29, 1.82) is 0 Å². The van der Waals surface area contributed by atoms with Crippen LogP contribution in [0.15, 0.2) is 0 Å². The summed E-state index contributed by atoms with van der Waals surface area (Å²) >= 11 is 0. The number of aldehydes is 1. The van der Waals surface area contributed by atoms with Crippen LogP contribution < -0.4 is 0 Å². The summed E-state index contributed by atoms with van der Waals surface area (Å²) in [6.07, 6.45) is 10.5. The van der Waals surface area contributed by atoms with Crippen molar-refractivity contribution in [2.45, 2.75) is 69.9 Å². The van der Waals surface area contributed by atoms with Crippen LogP contribution in [-0.4, -0.2) is 41.9 Å². The Morgan fingerprint density at radius 3 is 2.68 bits per heavy atom. The van der Waals surface area contributed by atoms with Crippen LogP contribution in [0.3, 0.4) is 0 Å². The highest BCUT2D eigenvalue weighted by Crippen LogP contribution is 2.40. The highest BCUT2D eigenvalue weighted by atomic mass is 16.6. The van der Waals surface area contributed by atoms with Gasteiger partial charge in [-0.05, 0) is 26.2 Å². The van der Waals surface area contributed by atoms with Gasteiger partial charge in [-0.2, -0.15) is 0 Å². The van der Waals surface area contributed by atoms with Crippen molar-refractivity contribution >= 4 is 6.29 Å². The topological polar surface area (TPSA) is 55.8 Å². The molecule has 0 amide bonds. The zero-order valence-electron chi connectivity index (χ0n) is 11.8. The summed E-state index contributed by atoms with van der Waals surface area (Å²) in [7, 11) is 0. The standard InChI is InChI=1S/C13H18O3.C2H6O/c1-3-5-11-6-7-12-13(9-14,16-11)8-10(4-2)15-12;1-2-3/h2,9-12H,3,5-8H2,1H3;3H,2H2,1H3/t10-,11-,12-,13+;/m0./s1. The van der Waals surface area contributed by atoms with Crippen molar-refractivity contribution in [1.82, 2.24) is 0 Å². The molecule has 2 aliphatic heterocycles. The Morgan fingerprint density at radius 2 is 2.16 bits per heavy atom. The molecule has 2 aliphatic rings. The van der Waals surface area contributed by atoms with Gasteiger partial charge in [0.25, 0.3) is 0 Å². The molecule has 19 heavy (non-hydrogen) atoms. The molecule has 2 fully saturated rings. The maximum atomic E-state index is 11.3. The maximum Gasteiger partial charge on any atom is 0.154 e. The van der Waals surface area contributed by atoms with E-state index in [1.807, 2.05) is 0 Å². The van der Waals surface area contributed by atoms with Gasteiger partial charge in [0.05, 0.1) is 12.2 Å². The SMILES string of the molecule is C#C[C@H]1C[C@]2(C=O)O[C@@H](CCC)CC[C@@H]2O1.CCO. The molecule has 108 valence electrons. The molecule has 0 unspecified atom stereocenters. The lowest BCUT2D eigenvalue weighted by molar-refractivity contribution is -0.170. The van der Waals surface area contributed by atoms with E-state index in [0.29, 0.717) is 6.42 Å². The minimum Gasteiger partial charge on any atom is -0.397 e. The van der Waals surface area contributed by atoms with E-state index in [2.05, 4.69) is 12.8 Å². The first kappa shape index (κ1) is 16.2. The molecule has 4 atom stereocenters. The number of rotatable bonds is 3. The summed E-state index contributed by atoms with van der Waals surface area (Å²) in [5.74, 6) is 2.57. The van der Waals surface area contributed by atoms with Crippen molar-refractivity contribution in [3.63, 3.8) is 0 Å². The smallest absolute Gasteiger partial charge is 0.154 e. The summed E-state index contributed by atoms with van der Waals surface area (Å²) < 4.78 is 11.6. The average Bonchev–Trinajstić information content (AvgIpc) is 2.78. The second-order valence-corrected chi connectivity index (χ2v) is 4.98. The molecule has 0 spiro atoms. The third kappa shape index (κ3) is 3.79. The van der Waals surface area contributed by atoms with E-state index in [1.165, 1.54) is 0 Å². The summed E-state index contributed by atoms with van der Waals surface area (Å²) in [4.78, 5) is 11.3. The van der Waals surface area contributed by atoms with Gasteiger partial charge in [0, 0.05) is 13.0 Å². The Bertz CT molecular complexity index is 323. The third-order valence-corrected chi connectivity index (χ3v) is 3.51. The van der Waals surface area contributed by atoms with Crippen molar-refractivity contribution in [3.8, 4) is 12.3 Å². The molecule has 0 aromatic carbocycles. The van der Waals surface area contributed by atoms with E-state index in [9.17, 15) is 4.79 Å². The lowest BCUT2D eigenvalue weighted by atomic mass is 9.87. The fourth-order valence-corrected chi connectivity index (χ4v) is 2.70. The molecule has 2 heterocycles. The van der Waals surface area contributed by atoms with Crippen LogP contribution in [0.5, 0.6) is 0 Å². The zero-order chi connectivity index (χ0) is 14.3. The summed E-state index contributed by atoms with van der Waals surface area (Å²) in [6.45, 7) is 4.05. The number of fused-ring (bicyclic) bond motifs is 1. The van der Waals surface area contributed by atoms with Crippen LogP contribution in [-0.2, 0) is 14.3 Å². The van der Waals surface area contributed by atoms with Crippen LogP contribution in [0.1, 0.15) is 46.0 Å². The van der Waals surface area contributed by atoms with Crippen LogP contribution in [0.2, 0.25) is 0 Å². The summed E-state index contributed by atoms with van der Waals surface area (Å²) in [6, 6.07) is 0. The number of aliphatic hydroxyl groups excluding tert-OH is 1. The van der Waals surface area contributed by atoms with Gasteiger partial charge in [0.15, 0.2) is 11.9 Å². The molecule has 4 heteroatoms. The molecule has 0 aromatic heterocycles. The zero-order valence-corrected chi connectivity index (χ0v) is 11.8. The van der Waals surface area contributed by atoms with Gasteiger partial charge < -0.3 is 19.4 Å². The van der Waals surface area contributed by atoms with Crippen LogP contribution >= 0.6 is 0 Å². The molecule has 2 rings (SSSR count). The van der Waals surface area contributed by atoms with E-state index >= 15 is 0 Å². The van der Waals surface area contributed by atoms with E-state index in [-0.39, 0.29) is 24.9 Å². The largest absolute Gasteiger partial charge is 0.397 e. The Balaban J connectivity index is 0.000000550. The van der Waals surface area contributed by atoms with Gasteiger partial charge in [-0.1, -0.05) is 19.3 Å². The maximum absolute atomic E-state index is 11.3. The molecule has 0 aliphatic carbocycles. The van der Waals surface area contributed by atoms with E-state index in [0.717, 1.165) is 32.0 Å². The molecule has 4 nitrogen and oxygen atoms in total. The number of terminal acetylenes is 1. The van der Waals surface area contributed by atoms with Gasteiger partial charge in [-0.15, -0.1) is 6.42 Å². The predicted octanol–water partition coefficient (Wildman–Crippen LogP) is 1.69. The minimum atomic E-state index is -0.769. The quantitative estimate of drug-likeness (QED) is 0.625. The summed E-state index contributed by atoms with van der Waals surface area (Å²) in [5.41, 5.74) is -0.769. The molecule has 1 N–H and O–H groups in total. The first-order chi connectivity index (χ1) is 9.15. The molecule has 0 radical (unpaired) electrons. The van der Waals surface area contributed by atoms with E-state index in [1.54, 1.807) is 6.92 Å². The van der Waals surface area contributed by atoms with E-state index in [4.69, 9.17) is 21.0 Å². The Morgan fingerprint density at radius 1 is 1.47 bits per heavy atom. The lowest BCUT2D eigenvalue weighted by Crippen LogP contribution is -2.49. The Labute approximate surface area is 115 Å². The second-order valence-electron chi connectivity index (χ2n) is 4.98. The normalized spacial score (nSPS) is 36.6. The van der Waals surface area contributed by atoms with E-state index < -0.39 is 5.60 Å². The van der Waals surface area contributed by atoms with Crippen molar-refractivity contribution in [2.24, 2.45) is 0 Å². The number of hydrogen-bond donors (Lipinski definition) is 1. The molecule has 0 aromatic rings. The number of carbonyl (C=O) groups is 1. The number of aliphatic hydroxyl groups is 1.